The summed E-state index contributed by atoms with van der Waals surface area (Å²) in [5, 5.41) is 8.21. The summed E-state index contributed by atoms with van der Waals surface area (Å²) >= 11 is 10.4. The van der Waals surface area contributed by atoms with Gasteiger partial charge in [0.2, 0.25) is 0 Å². The molecule has 0 spiro atoms. The molecule has 0 fully saturated rings. The second-order valence-electron chi connectivity index (χ2n) is 5.73. The molecule has 8 heteroatoms. The molecular formula is C17H17ClN4O2S. The van der Waals surface area contributed by atoms with Crippen LogP contribution >= 0.6 is 24.2 Å². The lowest BCUT2D eigenvalue weighted by atomic mass is 10.1. The molecule has 0 atom stereocenters. The van der Waals surface area contributed by atoms with Crippen LogP contribution in [0.4, 0.5) is 0 Å². The van der Waals surface area contributed by atoms with Gasteiger partial charge in [-0.1, -0.05) is 23.7 Å². The van der Waals surface area contributed by atoms with E-state index in [4.69, 9.17) is 16.3 Å². The van der Waals surface area contributed by atoms with Crippen molar-refractivity contribution in [3.05, 3.63) is 62.5 Å². The maximum absolute atomic E-state index is 12.2. The van der Waals surface area contributed by atoms with Gasteiger partial charge in [0.25, 0.3) is 0 Å². The molecule has 0 aliphatic carbocycles. The topological polar surface area (TPSA) is 61.9 Å². The van der Waals surface area contributed by atoms with Gasteiger partial charge in [-0.25, -0.2) is 4.79 Å². The molecule has 25 heavy (non-hydrogen) atoms. The highest BCUT2D eigenvalue weighted by Crippen LogP contribution is 2.30. The Bertz CT molecular complexity index is 997. The summed E-state index contributed by atoms with van der Waals surface area (Å²) in [5.41, 5.74) is 3.11. The SMILES string of the molecule is Cc1cc(S)c(Cl)cc1OCc1c(C)cccc1-n1nnn(C)c1=O. The average Bonchev–Trinajstić information content (AvgIpc) is 2.90. The standard InChI is InChI=1S/C17H17ClN4O2S/c1-10-5-4-6-14(22-17(23)21(3)19-20-22)12(10)9-24-15-8-13(18)16(25)7-11(15)2/h4-8,25H,9H2,1-3H3. The van der Waals surface area contributed by atoms with E-state index in [0.717, 1.165) is 16.7 Å². The second kappa shape index (κ2) is 6.93. The van der Waals surface area contributed by atoms with Crippen molar-refractivity contribution < 1.29 is 4.74 Å². The monoisotopic (exact) mass is 376 g/mol. The molecular weight excluding hydrogens is 360 g/mol. The largest absolute Gasteiger partial charge is 0.488 e. The first kappa shape index (κ1) is 17.6. The number of tetrazole rings is 1. The van der Waals surface area contributed by atoms with Gasteiger partial charge in [-0.15, -0.1) is 12.6 Å². The van der Waals surface area contributed by atoms with E-state index in [1.165, 1.54) is 9.36 Å². The van der Waals surface area contributed by atoms with Crippen LogP contribution in [0.1, 0.15) is 16.7 Å². The van der Waals surface area contributed by atoms with Crippen LogP contribution in [0, 0.1) is 13.8 Å². The Kier molecular flexibility index (Phi) is 4.87. The highest BCUT2D eigenvalue weighted by atomic mass is 35.5. The molecule has 6 nitrogen and oxygen atoms in total. The Labute approximate surface area is 155 Å². The summed E-state index contributed by atoms with van der Waals surface area (Å²) in [6.45, 7) is 4.16. The highest BCUT2D eigenvalue weighted by molar-refractivity contribution is 7.80. The zero-order valence-corrected chi connectivity index (χ0v) is 15.7. The highest BCUT2D eigenvalue weighted by Gasteiger charge is 2.14. The van der Waals surface area contributed by atoms with Crippen molar-refractivity contribution >= 4 is 24.2 Å². The minimum atomic E-state index is -0.314. The third-order valence-electron chi connectivity index (χ3n) is 3.95. The molecule has 2 aromatic carbocycles. The summed E-state index contributed by atoms with van der Waals surface area (Å²) in [7, 11) is 1.56. The molecule has 0 saturated heterocycles. The third kappa shape index (κ3) is 3.43. The van der Waals surface area contributed by atoms with Gasteiger partial charge in [0.1, 0.15) is 12.4 Å². The fourth-order valence-electron chi connectivity index (χ4n) is 2.49. The summed E-state index contributed by atoms with van der Waals surface area (Å²) in [6, 6.07) is 9.24. The van der Waals surface area contributed by atoms with E-state index in [2.05, 4.69) is 23.1 Å². The van der Waals surface area contributed by atoms with Gasteiger partial charge in [-0.3, -0.25) is 0 Å². The molecule has 1 aromatic heterocycles. The van der Waals surface area contributed by atoms with Gasteiger partial charge in [0.05, 0.1) is 10.7 Å². The van der Waals surface area contributed by atoms with Gasteiger partial charge in [0, 0.05) is 23.6 Å². The number of aryl methyl sites for hydroxylation is 3. The fraction of sp³-hybridized carbons (Fsp3) is 0.235. The normalized spacial score (nSPS) is 10.9. The Morgan fingerprint density at radius 1 is 1.20 bits per heavy atom. The number of rotatable bonds is 4. The first-order valence-electron chi connectivity index (χ1n) is 7.58. The minimum Gasteiger partial charge on any atom is -0.488 e. The zero-order chi connectivity index (χ0) is 18.1. The lowest BCUT2D eigenvalue weighted by Gasteiger charge is -2.15. The van der Waals surface area contributed by atoms with E-state index in [1.807, 2.05) is 38.1 Å². The van der Waals surface area contributed by atoms with Crippen molar-refractivity contribution in [1.29, 1.82) is 0 Å². The van der Waals surface area contributed by atoms with E-state index in [-0.39, 0.29) is 12.3 Å². The average molecular weight is 377 g/mol. The van der Waals surface area contributed by atoms with Crippen LogP contribution in [-0.2, 0) is 13.7 Å². The fourth-order valence-corrected chi connectivity index (χ4v) is 2.90. The number of ether oxygens (including phenoxy) is 1. The van der Waals surface area contributed by atoms with Crippen LogP contribution in [0.25, 0.3) is 5.69 Å². The molecule has 0 aliphatic rings. The maximum Gasteiger partial charge on any atom is 0.368 e. The number of benzene rings is 2. The predicted octanol–water partition coefficient (Wildman–Crippen LogP) is 3.10. The molecule has 0 amide bonds. The van der Waals surface area contributed by atoms with Crippen molar-refractivity contribution in [3.63, 3.8) is 0 Å². The molecule has 0 N–H and O–H groups in total. The quantitative estimate of drug-likeness (QED) is 0.711. The van der Waals surface area contributed by atoms with Crippen molar-refractivity contribution in [1.82, 2.24) is 19.8 Å². The summed E-state index contributed by atoms with van der Waals surface area (Å²) in [4.78, 5) is 12.9. The van der Waals surface area contributed by atoms with Gasteiger partial charge in [-0.05, 0) is 47.5 Å². The first-order valence-corrected chi connectivity index (χ1v) is 8.40. The number of hydrogen-bond acceptors (Lipinski definition) is 5. The molecule has 0 saturated carbocycles. The Balaban J connectivity index is 1.97. The second-order valence-corrected chi connectivity index (χ2v) is 6.62. The molecule has 0 unspecified atom stereocenters. The number of aromatic nitrogens is 4. The van der Waals surface area contributed by atoms with Crippen LogP contribution < -0.4 is 10.4 Å². The van der Waals surface area contributed by atoms with Crippen molar-refractivity contribution in [2.75, 3.05) is 0 Å². The maximum atomic E-state index is 12.2. The Morgan fingerprint density at radius 2 is 1.96 bits per heavy atom. The molecule has 3 aromatic rings. The third-order valence-corrected chi connectivity index (χ3v) is 4.77. The lowest BCUT2D eigenvalue weighted by Crippen LogP contribution is -2.23. The van der Waals surface area contributed by atoms with Gasteiger partial charge in [-0.2, -0.15) is 9.36 Å². The minimum absolute atomic E-state index is 0.272. The first-order chi connectivity index (χ1) is 11.9. The Morgan fingerprint density at radius 3 is 2.64 bits per heavy atom. The predicted molar refractivity (Wildman–Crippen MR) is 99.1 cm³/mol. The smallest absolute Gasteiger partial charge is 0.368 e. The summed E-state index contributed by atoms with van der Waals surface area (Å²) in [5.74, 6) is 0.670. The number of thiol groups is 1. The number of halogens is 1. The molecule has 3 rings (SSSR count). The van der Waals surface area contributed by atoms with E-state index in [9.17, 15) is 4.79 Å². The molecule has 1 heterocycles. The molecule has 130 valence electrons. The van der Waals surface area contributed by atoms with Gasteiger partial charge >= 0.3 is 5.69 Å². The summed E-state index contributed by atoms with van der Waals surface area (Å²) < 4.78 is 8.41. The van der Waals surface area contributed by atoms with E-state index in [0.29, 0.717) is 21.4 Å². The van der Waals surface area contributed by atoms with Crippen molar-refractivity contribution in [2.45, 2.75) is 25.3 Å². The number of hydrogen-bond donors (Lipinski definition) is 1. The van der Waals surface area contributed by atoms with Gasteiger partial charge in [0.15, 0.2) is 0 Å². The zero-order valence-electron chi connectivity index (χ0n) is 14.0. The van der Waals surface area contributed by atoms with Crippen LogP contribution in [0.2, 0.25) is 5.02 Å². The van der Waals surface area contributed by atoms with Crippen LogP contribution in [-0.4, -0.2) is 19.8 Å². The van der Waals surface area contributed by atoms with E-state index in [1.54, 1.807) is 13.1 Å². The number of nitrogens with zero attached hydrogens (tertiary/aromatic N) is 4. The lowest BCUT2D eigenvalue weighted by molar-refractivity contribution is 0.302. The molecule has 0 bridgehead atoms. The van der Waals surface area contributed by atoms with Crippen molar-refractivity contribution in [2.24, 2.45) is 7.05 Å². The Hall–Kier alpha value is -2.25. The van der Waals surface area contributed by atoms with Crippen LogP contribution in [0.15, 0.2) is 40.0 Å². The van der Waals surface area contributed by atoms with Gasteiger partial charge < -0.3 is 4.74 Å². The summed E-state index contributed by atoms with van der Waals surface area (Å²) in [6.07, 6.45) is 0. The van der Waals surface area contributed by atoms with E-state index < -0.39 is 0 Å². The van der Waals surface area contributed by atoms with Crippen molar-refractivity contribution in [3.8, 4) is 11.4 Å². The van der Waals surface area contributed by atoms with Crippen LogP contribution in [0.5, 0.6) is 5.75 Å². The van der Waals surface area contributed by atoms with E-state index >= 15 is 0 Å². The molecule has 0 radical (unpaired) electrons. The molecule has 0 aliphatic heterocycles. The van der Waals surface area contributed by atoms with Crippen LogP contribution in [0.3, 0.4) is 0 Å².